The first-order valence-corrected chi connectivity index (χ1v) is 4.70. The number of carbonyl (C=O) groups is 1. The lowest BCUT2D eigenvalue weighted by Crippen LogP contribution is -2.03. The number of aromatic hydroxyl groups is 1. The minimum absolute atomic E-state index is 0.128. The average Bonchev–Trinajstić information content (AvgIpc) is 2.63. The minimum Gasteiger partial charge on any atom is -0.506 e. The minimum atomic E-state index is -0.380. The highest BCUT2D eigenvalue weighted by Crippen LogP contribution is 2.26. The molecule has 0 saturated heterocycles. The molecule has 1 aromatic carbocycles. The normalized spacial score (nSPS) is 10.5. The number of para-hydroxylation sites is 1. The number of esters is 1. The standard InChI is InChI=1S/C11H11NO3/c1-2-15-11(14)8-6-12-10-7(8)4-3-5-9(10)13/h3-6,12-13H,2H2,1H3. The second-order valence-electron chi connectivity index (χ2n) is 3.12. The highest BCUT2D eigenvalue weighted by Gasteiger charge is 2.13. The van der Waals surface area contributed by atoms with Crippen molar-refractivity contribution in [2.45, 2.75) is 6.92 Å². The molecule has 1 heterocycles. The Kier molecular flexibility index (Phi) is 2.33. The fourth-order valence-electron chi connectivity index (χ4n) is 1.52. The Bertz CT molecular complexity index is 502. The van der Waals surface area contributed by atoms with Crippen LogP contribution in [0.4, 0.5) is 0 Å². The number of H-pyrrole nitrogens is 1. The van der Waals surface area contributed by atoms with Gasteiger partial charge in [-0.15, -0.1) is 0 Å². The summed E-state index contributed by atoms with van der Waals surface area (Å²) in [6.45, 7) is 2.09. The second kappa shape index (κ2) is 3.65. The Morgan fingerprint density at radius 1 is 1.53 bits per heavy atom. The maximum Gasteiger partial charge on any atom is 0.340 e. The maximum atomic E-state index is 11.5. The smallest absolute Gasteiger partial charge is 0.340 e. The number of hydrogen-bond donors (Lipinski definition) is 2. The average molecular weight is 205 g/mol. The van der Waals surface area contributed by atoms with Crippen LogP contribution in [-0.4, -0.2) is 22.7 Å². The van der Waals surface area contributed by atoms with E-state index < -0.39 is 0 Å². The Hall–Kier alpha value is -1.97. The SMILES string of the molecule is CCOC(=O)c1c[nH]c2c(O)cccc12. The summed E-state index contributed by atoms with van der Waals surface area (Å²) < 4.78 is 4.89. The lowest BCUT2D eigenvalue weighted by Gasteiger charge is -1.99. The molecule has 2 aromatic rings. The summed E-state index contributed by atoms with van der Waals surface area (Å²) in [7, 11) is 0. The molecule has 0 amide bonds. The summed E-state index contributed by atoms with van der Waals surface area (Å²) in [5, 5.41) is 10.2. The number of carbonyl (C=O) groups excluding carboxylic acids is 1. The molecule has 1 aromatic heterocycles. The number of aromatic amines is 1. The van der Waals surface area contributed by atoms with Crippen LogP contribution in [0, 0.1) is 0 Å². The zero-order valence-corrected chi connectivity index (χ0v) is 8.28. The van der Waals surface area contributed by atoms with Gasteiger partial charge in [0, 0.05) is 11.6 Å². The van der Waals surface area contributed by atoms with Crippen molar-refractivity contribution in [2.75, 3.05) is 6.61 Å². The van der Waals surface area contributed by atoms with Gasteiger partial charge in [0.15, 0.2) is 0 Å². The molecule has 0 radical (unpaired) electrons. The topological polar surface area (TPSA) is 62.3 Å². The van der Waals surface area contributed by atoms with E-state index in [9.17, 15) is 9.90 Å². The number of nitrogens with one attached hydrogen (secondary N) is 1. The molecule has 0 unspecified atom stereocenters. The van der Waals surface area contributed by atoms with E-state index in [1.165, 1.54) is 0 Å². The fourth-order valence-corrected chi connectivity index (χ4v) is 1.52. The van der Waals surface area contributed by atoms with Crippen molar-refractivity contribution in [3.63, 3.8) is 0 Å². The van der Waals surface area contributed by atoms with E-state index in [0.717, 1.165) is 0 Å². The van der Waals surface area contributed by atoms with Gasteiger partial charge in [0.25, 0.3) is 0 Å². The predicted octanol–water partition coefficient (Wildman–Crippen LogP) is 2.05. The number of rotatable bonds is 2. The van der Waals surface area contributed by atoms with Gasteiger partial charge in [0.2, 0.25) is 0 Å². The molecular weight excluding hydrogens is 194 g/mol. The Balaban J connectivity index is 2.54. The number of phenolic OH excluding ortho intramolecular Hbond substituents is 1. The molecule has 2 N–H and O–H groups in total. The van der Waals surface area contributed by atoms with Crippen molar-refractivity contribution in [3.8, 4) is 5.75 Å². The Labute approximate surface area is 86.5 Å². The largest absolute Gasteiger partial charge is 0.506 e. The van der Waals surface area contributed by atoms with Gasteiger partial charge < -0.3 is 14.8 Å². The third-order valence-electron chi connectivity index (χ3n) is 2.19. The third kappa shape index (κ3) is 1.54. The molecule has 78 valence electrons. The zero-order valence-electron chi connectivity index (χ0n) is 8.28. The molecule has 2 rings (SSSR count). The van der Waals surface area contributed by atoms with E-state index in [2.05, 4.69) is 4.98 Å². The summed E-state index contributed by atoms with van der Waals surface area (Å²) in [6, 6.07) is 5.01. The van der Waals surface area contributed by atoms with Crippen molar-refractivity contribution in [3.05, 3.63) is 30.0 Å². The van der Waals surface area contributed by atoms with Crippen LogP contribution in [0.5, 0.6) is 5.75 Å². The molecule has 0 aliphatic rings. The van der Waals surface area contributed by atoms with E-state index in [1.54, 1.807) is 31.3 Å². The maximum absolute atomic E-state index is 11.5. The number of phenols is 1. The monoisotopic (exact) mass is 205 g/mol. The molecule has 0 bridgehead atoms. The quantitative estimate of drug-likeness (QED) is 0.737. The van der Waals surface area contributed by atoms with E-state index in [0.29, 0.717) is 23.1 Å². The molecule has 0 atom stereocenters. The molecule has 15 heavy (non-hydrogen) atoms. The Morgan fingerprint density at radius 2 is 2.33 bits per heavy atom. The van der Waals surface area contributed by atoms with E-state index in [-0.39, 0.29) is 11.7 Å². The number of fused-ring (bicyclic) bond motifs is 1. The highest BCUT2D eigenvalue weighted by atomic mass is 16.5. The molecule has 0 aliphatic heterocycles. The molecule has 0 saturated carbocycles. The summed E-state index contributed by atoms with van der Waals surface area (Å²) in [5.74, 6) is -0.252. The van der Waals surface area contributed by atoms with Crippen LogP contribution in [0.25, 0.3) is 10.9 Å². The van der Waals surface area contributed by atoms with E-state index >= 15 is 0 Å². The highest BCUT2D eigenvalue weighted by molar-refractivity contribution is 6.05. The predicted molar refractivity (Wildman–Crippen MR) is 55.9 cm³/mol. The number of ether oxygens (including phenoxy) is 1. The van der Waals surface area contributed by atoms with Gasteiger partial charge in [-0.25, -0.2) is 4.79 Å². The van der Waals surface area contributed by atoms with Gasteiger partial charge >= 0.3 is 5.97 Å². The van der Waals surface area contributed by atoms with Crippen LogP contribution in [0.2, 0.25) is 0 Å². The zero-order chi connectivity index (χ0) is 10.8. The number of hydrogen-bond acceptors (Lipinski definition) is 3. The summed E-state index contributed by atoms with van der Waals surface area (Å²) in [6.07, 6.45) is 1.54. The van der Waals surface area contributed by atoms with Gasteiger partial charge in [-0.3, -0.25) is 0 Å². The second-order valence-corrected chi connectivity index (χ2v) is 3.12. The van der Waals surface area contributed by atoms with Crippen molar-refractivity contribution < 1.29 is 14.6 Å². The van der Waals surface area contributed by atoms with Crippen LogP contribution < -0.4 is 0 Å². The van der Waals surface area contributed by atoms with Crippen LogP contribution in [0.3, 0.4) is 0 Å². The van der Waals surface area contributed by atoms with Gasteiger partial charge in [0.1, 0.15) is 5.75 Å². The number of aromatic nitrogens is 1. The van der Waals surface area contributed by atoms with Crippen molar-refractivity contribution in [2.24, 2.45) is 0 Å². The van der Waals surface area contributed by atoms with Crippen LogP contribution in [-0.2, 0) is 4.74 Å². The first kappa shape index (κ1) is 9.58. The molecule has 4 heteroatoms. The van der Waals surface area contributed by atoms with Gasteiger partial charge in [-0.1, -0.05) is 12.1 Å². The summed E-state index contributed by atoms with van der Waals surface area (Å²) >= 11 is 0. The molecule has 0 spiro atoms. The van der Waals surface area contributed by atoms with Crippen molar-refractivity contribution in [1.82, 2.24) is 4.98 Å². The summed E-state index contributed by atoms with van der Waals surface area (Å²) in [4.78, 5) is 14.4. The first-order chi connectivity index (χ1) is 7.24. The third-order valence-corrected chi connectivity index (χ3v) is 2.19. The van der Waals surface area contributed by atoms with Gasteiger partial charge in [-0.2, -0.15) is 0 Å². The fraction of sp³-hybridized carbons (Fsp3) is 0.182. The van der Waals surface area contributed by atoms with Crippen molar-refractivity contribution in [1.29, 1.82) is 0 Å². The lowest BCUT2D eigenvalue weighted by atomic mass is 10.1. The van der Waals surface area contributed by atoms with Crippen LogP contribution in [0.1, 0.15) is 17.3 Å². The van der Waals surface area contributed by atoms with Crippen LogP contribution in [0.15, 0.2) is 24.4 Å². The molecular formula is C11H11NO3. The Morgan fingerprint density at radius 3 is 3.07 bits per heavy atom. The van der Waals surface area contributed by atoms with Gasteiger partial charge in [-0.05, 0) is 13.0 Å². The van der Waals surface area contributed by atoms with E-state index in [4.69, 9.17) is 4.74 Å². The van der Waals surface area contributed by atoms with Crippen molar-refractivity contribution >= 4 is 16.9 Å². The number of benzene rings is 1. The summed E-state index contributed by atoms with van der Waals surface area (Å²) in [5.41, 5.74) is 1.00. The molecule has 4 nitrogen and oxygen atoms in total. The lowest BCUT2D eigenvalue weighted by molar-refractivity contribution is 0.0529. The van der Waals surface area contributed by atoms with E-state index in [1.807, 2.05) is 0 Å². The van der Waals surface area contributed by atoms with Gasteiger partial charge in [0.05, 0.1) is 17.7 Å². The van der Waals surface area contributed by atoms with Crippen LogP contribution >= 0.6 is 0 Å². The first-order valence-electron chi connectivity index (χ1n) is 4.70. The molecule has 0 aliphatic carbocycles. The molecule has 0 fully saturated rings.